The molecule has 0 saturated carbocycles. The van der Waals surface area contributed by atoms with E-state index in [1.54, 1.807) is 0 Å². The van der Waals surface area contributed by atoms with E-state index >= 15 is 0 Å². The van der Waals surface area contributed by atoms with E-state index in [-0.39, 0.29) is 12.7 Å². The highest BCUT2D eigenvalue weighted by atomic mass is 16.6. The van der Waals surface area contributed by atoms with E-state index in [0.29, 0.717) is 6.42 Å². The van der Waals surface area contributed by atoms with Gasteiger partial charge >= 0.3 is 11.9 Å². The Morgan fingerprint density at radius 2 is 2.20 bits per heavy atom. The highest BCUT2D eigenvalue weighted by Crippen LogP contribution is 2.05. The molecule has 1 saturated heterocycles. The van der Waals surface area contributed by atoms with Crippen LogP contribution in [0.15, 0.2) is 0 Å². The first-order chi connectivity index (χ1) is 4.74. The van der Waals surface area contributed by atoms with Gasteiger partial charge in [0.05, 0.1) is 0 Å². The van der Waals surface area contributed by atoms with E-state index in [2.05, 4.69) is 9.47 Å². The minimum atomic E-state index is -0.885. The first-order valence-electron chi connectivity index (χ1n) is 3.11. The van der Waals surface area contributed by atoms with Crippen LogP contribution < -0.4 is 0 Å². The fraction of sp³-hybridized carbons (Fsp3) is 0.667. The van der Waals surface area contributed by atoms with Gasteiger partial charge in [-0.2, -0.15) is 0 Å². The second-order valence-electron chi connectivity index (χ2n) is 2.03. The summed E-state index contributed by atoms with van der Waals surface area (Å²) in [4.78, 5) is 20.8. The molecule has 1 unspecified atom stereocenters. The Morgan fingerprint density at radius 1 is 1.50 bits per heavy atom. The molecule has 1 fully saturated rings. The van der Waals surface area contributed by atoms with E-state index in [9.17, 15) is 9.59 Å². The highest BCUT2D eigenvalue weighted by molar-refractivity contribution is 6.30. The Morgan fingerprint density at radius 3 is 2.70 bits per heavy atom. The predicted molar refractivity (Wildman–Crippen MR) is 31.1 cm³/mol. The molecule has 0 bridgehead atoms. The number of rotatable bonds is 1. The zero-order valence-corrected chi connectivity index (χ0v) is 5.62. The van der Waals surface area contributed by atoms with Gasteiger partial charge in [-0.1, -0.05) is 6.92 Å². The number of carbonyl (C=O) groups is 2. The standard InChI is InChI=1S/C6H8O4/c1-2-4-3-9-5(7)6(8)10-4/h4H,2-3H2,1H3. The summed E-state index contributed by atoms with van der Waals surface area (Å²) in [7, 11) is 0. The van der Waals surface area contributed by atoms with Gasteiger partial charge in [-0.3, -0.25) is 0 Å². The second-order valence-corrected chi connectivity index (χ2v) is 2.03. The Hall–Kier alpha value is -1.06. The van der Waals surface area contributed by atoms with Gasteiger partial charge in [-0.25, -0.2) is 9.59 Å². The maximum atomic E-state index is 10.5. The van der Waals surface area contributed by atoms with Crippen molar-refractivity contribution in [1.29, 1.82) is 0 Å². The van der Waals surface area contributed by atoms with Crippen molar-refractivity contribution in [2.75, 3.05) is 6.61 Å². The van der Waals surface area contributed by atoms with Crippen molar-refractivity contribution in [3.8, 4) is 0 Å². The number of cyclic esters (lactones) is 2. The van der Waals surface area contributed by atoms with E-state index in [1.807, 2.05) is 6.92 Å². The minimum absolute atomic E-state index is 0.196. The molecule has 4 nitrogen and oxygen atoms in total. The van der Waals surface area contributed by atoms with Gasteiger partial charge in [-0.15, -0.1) is 0 Å². The number of ether oxygens (including phenoxy) is 2. The summed E-state index contributed by atoms with van der Waals surface area (Å²) >= 11 is 0. The van der Waals surface area contributed by atoms with Crippen LogP contribution in [0.3, 0.4) is 0 Å². The average Bonchev–Trinajstić information content (AvgIpc) is 1.95. The fourth-order valence-electron chi connectivity index (χ4n) is 0.662. The molecule has 0 aliphatic carbocycles. The van der Waals surface area contributed by atoms with Crippen LogP contribution in [0.5, 0.6) is 0 Å². The molecule has 0 N–H and O–H groups in total. The highest BCUT2D eigenvalue weighted by Gasteiger charge is 2.28. The Labute approximate surface area is 58.1 Å². The van der Waals surface area contributed by atoms with Crippen molar-refractivity contribution in [1.82, 2.24) is 0 Å². The lowest BCUT2D eigenvalue weighted by molar-refractivity contribution is -0.184. The van der Waals surface area contributed by atoms with Gasteiger partial charge in [0.25, 0.3) is 0 Å². The summed E-state index contributed by atoms with van der Waals surface area (Å²) in [6, 6.07) is 0. The molecule has 56 valence electrons. The lowest BCUT2D eigenvalue weighted by Gasteiger charge is -2.19. The fourth-order valence-corrected chi connectivity index (χ4v) is 0.662. The van der Waals surface area contributed by atoms with Crippen LogP contribution in [-0.2, 0) is 19.1 Å². The van der Waals surface area contributed by atoms with E-state index < -0.39 is 11.9 Å². The first-order valence-corrected chi connectivity index (χ1v) is 3.11. The molecule has 4 heteroatoms. The van der Waals surface area contributed by atoms with Crippen LogP contribution in [0, 0.1) is 0 Å². The quantitative estimate of drug-likeness (QED) is 0.380. The van der Waals surface area contributed by atoms with Crippen molar-refractivity contribution in [3.63, 3.8) is 0 Å². The average molecular weight is 144 g/mol. The first kappa shape index (κ1) is 7.05. The van der Waals surface area contributed by atoms with Gasteiger partial charge in [0, 0.05) is 0 Å². The molecule has 1 atom stereocenters. The topological polar surface area (TPSA) is 52.6 Å². The third-order valence-electron chi connectivity index (χ3n) is 1.30. The summed E-state index contributed by atoms with van der Waals surface area (Å²) in [6.45, 7) is 2.05. The zero-order valence-electron chi connectivity index (χ0n) is 5.62. The second kappa shape index (κ2) is 2.68. The van der Waals surface area contributed by atoms with E-state index in [4.69, 9.17) is 0 Å². The largest absolute Gasteiger partial charge is 0.453 e. The van der Waals surface area contributed by atoms with Crippen LogP contribution in [-0.4, -0.2) is 24.6 Å². The van der Waals surface area contributed by atoms with Crippen molar-refractivity contribution in [3.05, 3.63) is 0 Å². The molecule has 10 heavy (non-hydrogen) atoms. The molecule has 1 heterocycles. The number of hydrogen-bond donors (Lipinski definition) is 0. The summed E-state index contributed by atoms with van der Waals surface area (Å²) in [6.07, 6.45) is 0.434. The zero-order chi connectivity index (χ0) is 7.56. The molecular formula is C6H8O4. The van der Waals surface area contributed by atoms with Crippen molar-refractivity contribution >= 4 is 11.9 Å². The monoisotopic (exact) mass is 144 g/mol. The molecule has 0 aromatic rings. The lowest BCUT2D eigenvalue weighted by atomic mass is 10.3. The Bertz CT molecular complexity index is 163. The maximum absolute atomic E-state index is 10.5. The van der Waals surface area contributed by atoms with Crippen molar-refractivity contribution in [2.45, 2.75) is 19.4 Å². The van der Waals surface area contributed by atoms with Crippen LogP contribution >= 0.6 is 0 Å². The summed E-state index contributed by atoms with van der Waals surface area (Å²) < 4.78 is 9.11. The smallest absolute Gasteiger partial charge is 0.417 e. The molecule has 1 aliphatic rings. The molecule has 0 spiro atoms. The van der Waals surface area contributed by atoms with Crippen molar-refractivity contribution in [2.24, 2.45) is 0 Å². The summed E-state index contributed by atoms with van der Waals surface area (Å²) in [5.74, 6) is -1.76. The van der Waals surface area contributed by atoms with Crippen LogP contribution in [0.4, 0.5) is 0 Å². The van der Waals surface area contributed by atoms with Crippen LogP contribution in [0.1, 0.15) is 13.3 Å². The van der Waals surface area contributed by atoms with Crippen LogP contribution in [0.25, 0.3) is 0 Å². The van der Waals surface area contributed by atoms with Crippen molar-refractivity contribution < 1.29 is 19.1 Å². The third kappa shape index (κ3) is 1.26. The van der Waals surface area contributed by atoms with Crippen LogP contribution in [0.2, 0.25) is 0 Å². The summed E-state index contributed by atoms with van der Waals surface area (Å²) in [5.41, 5.74) is 0. The SMILES string of the molecule is CCC1COC(=O)C(=O)O1. The molecule has 0 aromatic heterocycles. The predicted octanol–water partition coefficient (Wildman–Crippen LogP) is -0.135. The van der Waals surface area contributed by atoms with Gasteiger partial charge in [0.2, 0.25) is 0 Å². The Kier molecular flexibility index (Phi) is 1.89. The molecule has 1 rings (SSSR count). The van der Waals surface area contributed by atoms with Gasteiger partial charge in [0.1, 0.15) is 12.7 Å². The molecule has 0 aromatic carbocycles. The number of hydrogen-bond acceptors (Lipinski definition) is 4. The number of carbonyl (C=O) groups excluding carboxylic acids is 2. The molecular weight excluding hydrogens is 136 g/mol. The molecule has 1 aliphatic heterocycles. The summed E-state index contributed by atoms with van der Waals surface area (Å²) in [5, 5.41) is 0. The number of esters is 2. The normalized spacial score (nSPS) is 25.5. The molecule has 0 radical (unpaired) electrons. The maximum Gasteiger partial charge on any atom is 0.417 e. The van der Waals surface area contributed by atoms with Gasteiger partial charge < -0.3 is 9.47 Å². The van der Waals surface area contributed by atoms with Gasteiger partial charge in [0.15, 0.2) is 0 Å². The van der Waals surface area contributed by atoms with E-state index in [1.165, 1.54) is 0 Å². The minimum Gasteiger partial charge on any atom is -0.453 e. The lowest BCUT2D eigenvalue weighted by Crippen LogP contribution is -2.36. The van der Waals surface area contributed by atoms with Gasteiger partial charge in [-0.05, 0) is 6.42 Å². The Balaban J connectivity index is 2.48. The third-order valence-corrected chi connectivity index (χ3v) is 1.30. The molecule has 0 amide bonds. The van der Waals surface area contributed by atoms with E-state index in [0.717, 1.165) is 0 Å².